The fourth-order valence-corrected chi connectivity index (χ4v) is 9.36. The van der Waals surface area contributed by atoms with Gasteiger partial charge in [-0.05, 0) is 33.4 Å². The van der Waals surface area contributed by atoms with Crippen LogP contribution < -0.4 is 21.0 Å². The topological polar surface area (TPSA) is 178 Å². The molecule has 0 aliphatic rings. The number of rotatable bonds is 30. The van der Waals surface area contributed by atoms with Gasteiger partial charge >= 0.3 is 120 Å². The molecule has 0 unspecified atom stereocenters. The second kappa shape index (κ2) is 31.7. The van der Waals surface area contributed by atoms with Crippen LogP contribution in [0.3, 0.4) is 0 Å². The first-order valence-corrected chi connectivity index (χ1v) is 25.5. The molecule has 0 aliphatic heterocycles. The minimum absolute atomic E-state index is 0. The molecule has 0 saturated carbocycles. The molecule has 3 N–H and O–H groups in total. The number of hydrogen-bond acceptors (Lipinski definition) is 11. The number of amides is 1. The van der Waals surface area contributed by atoms with Crippen molar-refractivity contribution in [3.8, 4) is 0 Å². The molecular formula is C48H41F36GdN5O8+. The first-order valence-electron chi connectivity index (χ1n) is 25.5. The van der Waals surface area contributed by atoms with E-state index in [1.165, 1.54) is 0 Å². The molecule has 2 aromatic rings. The van der Waals surface area contributed by atoms with E-state index in [1.807, 2.05) is 0 Å². The zero-order valence-electron chi connectivity index (χ0n) is 47.4. The van der Waals surface area contributed by atoms with E-state index in [1.54, 1.807) is 10.8 Å². The minimum Gasteiger partial charge on any atom is -0.549 e. The number of hydroxylamine groups is 1. The molecule has 1 amide bonds. The Morgan fingerprint density at radius 1 is 0.337 bits per heavy atom. The Kier molecular flexibility index (Phi) is 29.4. The van der Waals surface area contributed by atoms with Crippen molar-refractivity contribution in [3.63, 3.8) is 0 Å². The molecule has 565 valence electrons. The first kappa shape index (κ1) is 90.9. The third-order valence-electron chi connectivity index (χ3n) is 14.2. The van der Waals surface area contributed by atoms with Crippen LogP contribution in [0.15, 0.2) is 36.4 Å². The number of hydrogen-bond donors (Lipinski definition) is 3. The number of alkyl halides is 36. The molecule has 0 atom stereocenters. The van der Waals surface area contributed by atoms with Gasteiger partial charge in [-0.25, -0.2) is 0 Å². The number of carbonyl (C=O) groups excluding carboxylic acids is 3. The van der Waals surface area contributed by atoms with Crippen LogP contribution in [-0.2, 0) is 62.8 Å². The van der Waals surface area contributed by atoms with Gasteiger partial charge in [-0.15, -0.1) is 0 Å². The summed E-state index contributed by atoms with van der Waals surface area (Å²) in [7, 11) is 0. The van der Waals surface area contributed by atoms with E-state index in [0.717, 1.165) is 4.90 Å². The Balaban J connectivity index is 0.0000480. The van der Waals surface area contributed by atoms with E-state index < -0.39 is 269 Å². The van der Waals surface area contributed by atoms with Crippen molar-refractivity contribution in [2.45, 2.75) is 113 Å². The summed E-state index contributed by atoms with van der Waals surface area (Å²) >= 11 is 0. The van der Waals surface area contributed by atoms with Gasteiger partial charge in [0, 0.05) is 84.6 Å². The van der Waals surface area contributed by atoms with Crippen molar-refractivity contribution in [3.05, 3.63) is 69.8 Å². The van der Waals surface area contributed by atoms with Gasteiger partial charge in [-0.1, -0.05) is 36.4 Å². The van der Waals surface area contributed by atoms with Gasteiger partial charge in [0.2, 0.25) is 5.91 Å². The fourth-order valence-electron chi connectivity index (χ4n) is 9.36. The average Bonchev–Trinajstić information content (AvgIpc) is 0.742. The molecule has 1 radical (unpaired) electrons. The summed E-state index contributed by atoms with van der Waals surface area (Å²) in [4.78, 5) is 54.6. The van der Waals surface area contributed by atoms with E-state index in [9.17, 15) is 193 Å². The third kappa shape index (κ3) is 21.3. The second-order valence-electron chi connectivity index (χ2n) is 21.0. The zero-order chi connectivity index (χ0) is 76.2. The molecule has 0 aromatic heterocycles. The number of benzene rings is 2. The zero-order valence-corrected chi connectivity index (χ0v) is 49.7. The Morgan fingerprint density at radius 2 is 0.561 bits per heavy atom. The van der Waals surface area contributed by atoms with Crippen LogP contribution in [0.5, 0.6) is 0 Å². The normalized spacial score (nSPS) is 14.5. The molecular weight excluding hydrogens is 1620 g/mol. The van der Waals surface area contributed by atoms with E-state index in [2.05, 4.69) is 0 Å². The Labute approximate surface area is 554 Å². The predicted molar refractivity (Wildman–Crippen MR) is 242 cm³/mol. The number of carboxylic acid groups (broad SMARTS) is 3. The largest absolute Gasteiger partial charge is 3.00 e. The molecule has 2 aromatic carbocycles. The maximum Gasteiger partial charge on any atom is 3.00 e. The number of nitrogens with one attached hydrogen (secondary N) is 2. The van der Waals surface area contributed by atoms with Crippen LogP contribution in [0.4, 0.5) is 158 Å². The first-order chi connectivity index (χ1) is 43.0. The maximum absolute atomic E-state index is 13.9. The SMILES string of the molecule is O=C([O-])CN(CCONCc1cc(CC(C(F)(F)F)(C(F)(F)F)C(F)(F)F)cc(CC(C(F)(F)F)(C(F)(F)F)C(F)(F)F)c1)CCN(CCN(CC(=O)[O-])CC(=O)NCc1cc(CC(C(F)(F)F)(C(F)(F)F)C(F)(F)F)cc(CC(C(F)(F)F)(C(F)(F)F)C(F)(F)F)c1)CC(=O)O.[Gd+3]. The number of carbonyl (C=O) groups is 4. The van der Waals surface area contributed by atoms with Crippen LogP contribution in [0.2, 0.25) is 0 Å². The summed E-state index contributed by atoms with van der Waals surface area (Å²) in [5.74, 6) is -7.72. The summed E-state index contributed by atoms with van der Waals surface area (Å²) in [6.45, 7) is -13.7. The molecule has 0 fully saturated rings. The fraction of sp³-hybridized carbons (Fsp3) is 0.667. The third-order valence-corrected chi connectivity index (χ3v) is 14.2. The van der Waals surface area contributed by atoms with Crippen molar-refractivity contribution in [2.75, 3.05) is 65.5 Å². The van der Waals surface area contributed by atoms with Crippen molar-refractivity contribution in [1.82, 2.24) is 25.5 Å². The van der Waals surface area contributed by atoms with Gasteiger partial charge in [-0.2, -0.15) is 164 Å². The Morgan fingerprint density at radius 3 is 0.806 bits per heavy atom. The molecule has 50 heteroatoms. The predicted octanol–water partition coefficient (Wildman–Crippen LogP) is 10.4. The molecule has 13 nitrogen and oxygen atoms in total. The van der Waals surface area contributed by atoms with E-state index in [-0.39, 0.29) is 64.2 Å². The summed E-state index contributed by atoms with van der Waals surface area (Å²) in [6.07, 6.45) is -104. The van der Waals surface area contributed by atoms with Crippen molar-refractivity contribution < 1.29 is 237 Å². The summed E-state index contributed by atoms with van der Waals surface area (Å²) < 4.78 is 500. The number of carboxylic acids is 3. The molecule has 98 heavy (non-hydrogen) atoms. The van der Waals surface area contributed by atoms with Crippen LogP contribution in [-0.4, -0.2) is 183 Å². The maximum atomic E-state index is 13.9. The Bertz CT molecular complexity index is 2710. The summed E-state index contributed by atoms with van der Waals surface area (Å²) in [5, 5.41) is 34.2. The van der Waals surface area contributed by atoms with Crippen molar-refractivity contribution in [2.24, 2.45) is 21.7 Å². The molecule has 0 spiro atoms. The molecule has 0 bridgehead atoms. The average molecular weight is 1660 g/mol. The molecule has 0 heterocycles. The van der Waals surface area contributed by atoms with Crippen LogP contribution in [0.25, 0.3) is 0 Å². The van der Waals surface area contributed by atoms with E-state index >= 15 is 0 Å². The quantitative estimate of drug-likeness (QED) is 0.0384. The second-order valence-corrected chi connectivity index (χ2v) is 21.0. The van der Waals surface area contributed by atoms with E-state index in [4.69, 9.17) is 4.84 Å². The van der Waals surface area contributed by atoms with Gasteiger partial charge in [-0.3, -0.25) is 24.3 Å². The van der Waals surface area contributed by atoms with Gasteiger partial charge in [0.05, 0.1) is 31.6 Å². The van der Waals surface area contributed by atoms with E-state index in [0.29, 0.717) is 9.80 Å². The number of halogens is 36. The number of aliphatic carboxylic acids is 3. The van der Waals surface area contributed by atoms with Crippen LogP contribution >= 0.6 is 0 Å². The summed E-state index contributed by atoms with van der Waals surface area (Å²) in [6, 6.07) is -2.33. The molecule has 0 saturated heterocycles. The smallest absolute Gasteiger partial charge is 0.549 e. The van der Waals surface area contributed by atoms with Gasteiger partial charge < -0.3 is 35.1 Å². The van der Waals surface area contributed by atoms with Gasteiger partial charge in [0.25, 0.3) is 21.7 Å². The van der Waals surface area contributed by atoms with Crippen molar-refractivity contribution >= 4 is 23.8 Å². The van der Waals surface area contributed by atoms with Crippen LogP contribution in [0.1, 0.15) is 33.4 Å². The summed E-state index contributed by atoms with van der Waals surface area (Å²) in [5.41, 5.74) is -37.5. The minimum atomic E-state index is -7.51. The van der Waals surface area contributed by atoms with Crippen LogP contribution in [0, 0.1) is 61.6 Å². The molecule has 0 aliphatic carbocycles. The monoisotopic (exact) mass is 1660 g/mol. The number of nitrogens with zero attached hydrogens (tertiary/aromatic N) is 3. The van der Waals surface area contributed by atoms with Gasteiger partial charge in [0.15, 0.2) is 0 Å². The Hall–Kier alpha value is -5.08. The van der Waals surface area contributed by atoms with Gasteiger partial charge in [0.1, 0.15) is 0 Å². The van der Waals surface area contributed by atoms with Crippen molar-refractivity contribution in [1.29, 1.82) is 0 Å². The molecule has 2 rings (SSSR count). The standard InChI is InChI=1S/C48H43F36N5O8.Gd/c49-37(50,51)33(38(52,53)54,39(55,56)57)13-23-7-24(14-34(40(58,59)60,41(61,62)63)42(64,65)66)10-27(9-23)17-85-29(90)19-89(22-32(95)96)4-3-87(20-30(91)92)1-2-88(21-31(93)94)5-6-97-86-18-28-11-25(15-35(43(67,68)69,44(70,71)72)45(73,74)75)8-26(12-28)16-36(46(76,77)78,47(79,80)81)48(82,83)84;/h7-12,86H,1-6,13-22H2,(H,85,90)(H,91,92)(H,93,94)(H,95,96);/q;+3/p-2.